The zero-order valence-electron chi connectivity index (χ0n) is 8.92. The Morgan fingerprint density at radius 1 is 1.40 bits per heavy atom. The van der Waals surface area contributed by atoms with E-state index in [1.807, 2.05) is 12.1 Å². The van der Waals surface area contributed by atoms with Gasteiger partial charge in [0.15, 0.2) is 0 Å². The van der Waals surface area contributed by atoms with E-state index in [2.05, 4.69) is 21.2 Å². The molecule has 0 aromatic heterocycles. The van der Waals surface area contributed by atoms with Crippen molar-refractivity contribution in [3.8, 4) is 5.75 Å². The van der Waals surface area contributed by atoms with E-state index in [9.17, 15) is 10.2 Å². The summed E-state index contributed by atoms with van der Waals surface area (Å²) in [5.74, 6) is 0.237. The van der Waals surface area contributed by atoms with Crippen LogP contribution in [0.15, 0.2) is 22.7 Å². The lowest BCUT2D eigenvalue weighted by Gasteiger charge is -2.17. The highest BCUT2D eigenvalue weighted by atomic mass is 79.9. The molecule has 3 N–H and O–H groups in total. The van der Waals surface area contributed by atoms with Crippen molar-refractivity contribution in [2.24, 2.45) is 0 Å². The van der Waals surface area contributed by atoms with E-state index in [-0.39, 0.29) is 5.75 Å². The first-order valence-corrected chi connectivity index (χ1v) is 5.58. The van der Waals surface area contributed by atoms with Gasteiger partial charge in [-0.3, -0.25) is 0 Å². The van der Waals surface area contributed by atoms with Gasteiger partial charge in [-0.15, -0.1) is 0 Å². The Kier molecular flexibility index (Phi) is 4.13. The standard InChI is InChI=1S/C11H16BrNO2/c1-11(2,15)7-13-6-8-3-4-10(14)9(12)5-8/h3-5,13-15H,6-7H2,1-2H3. The van der Waals surface area contributed by atoms with Crippen LogP contribution in [0.4, 0.5) is 0 Å². The van der Waals surface area contributed by atoms with E-state index in [0.717, 1.165) is 5.56 Å². The molecule has 0 aliphatic heterocycles. The summed E-state index contributed by atoms with van der Waals surface area (Å²) in [6, 6.07) is 5.34. The first-order chi connectivity index (χ1) is 6.88. The number of phenolic OH excluding ortho intramolecular Hbond substituents is 1. The normalized spacial score (nSPS) is 11.7. The molecule has 0 saturated heterocycles. The summed E-state index contributed by atoms with van der Waals surface area (Å²) in [4.78, 5) is 0. The monoisotopic (exact) mass is 273 g/mol. The van der Waals surface area contributed by atoms with Crippen LogP contribution in [0.5, 0.6) is 5.75 Å². The largest absolute Gasteiger partial charge is 0.507 e. The molecule has 84 valence electrons. The Balaban J connectivity index is 2.48. The maximum atomic E-state index is 9.48. The van der Waals surface area contributed by atoms with Crippen molar-refractivity contribution in [1.82, 2.24) is 5.32 Å². The molecule has 1 aromatic carbocycles. The van der Waals surface area contributed by atoms with E-state index in [1.54, 1.807) is 19.9 Å². The molecule has 0 heterocycles. The van der Waals surface area contributed by atoms with Crippen LogP contribution in [0.1, 0.15) is 19.4 Å². The Morgan fingerprint density at radius 2 is 2.07 bits per heavy atom. The summed E-state index contributed by atoms with van der Waals surface area (Å²) < 4.78 is 0.685. The number of hydrogen-bond donors (Lipinski definition) is 3. The summed E-state index contributed by atoms with van der Waals surface area (Å²) in [5, 5.41) is 21.9. The molecule has 0 radical (unpaired) electrons. The molecular weight excluding hydrogens is 258 g/mol. The second-order valence-electron chi connectivity index (χ2n) is 4.20. The highest BCUT2D eigenvalue weighted by Gasteiger charge is 2.11. The number of rotatable bonds is 4. The molecule has 0 atom stereocenters. The molecule has 0 aliphatic carbocycles. The van der Waals surface area contributed by atoms with E-state index >= 15 is 0 Å². The fourth-order valence-corrected chi connectivity index (χ4v) is 1.60. The van der Waals surface area contributed by atoms with Crippen molar-refractivity contribution in [1.29, 1.82) is 0 Å². The number of aliphatic hydroxyl groups is 1. The minimum atomic E-state index is -0.700. The van der Waals surface area contributed by atoms with Crippen LogP contribution >= 0.6 is 15.9 Å². The van der Waals surface area contributed by atoms with Gasteiger partial charge >= 0.3 is 0 Å². The Morgan fingerprint density at radius 3 is 2.60 bits per heavy atom. The van der Waals surface area contributed by atoms with Gasteiger partial charge in [-0.2, -0.15) is 0 Å². The van der Waals surface area contributed by atoms with Gasteiger partial charge in [-0.25, -0.2) is 0 Å². The third-order valence-corrected chi connectivity index (χ3v) is 2.53. The maximum Gasteiger partial charge on any atom is 0.129 e. The number of halogens is 1. The van der Waals surface area contributed by atoms with Gasteiger partial charge in [0.05, 0.1) is 10.1 Å². The number of benzene rings is 1. The average molecular weight is 274 g/mol. The average Bonchev–Trinajstić information content (AvgIpc) is 2.09. The van der Waals surface area contributed by atoms with Crippen LogP contribution in [0.2, 0.25) is 0 Å². The van der Waals surface area contributed by atoms with Crippen molar-refractivity contribution in [2.45, 2.75) is 26.0 Å². The van der Waals surface area contributed by atoms with Crippen LogP contribution in [-0.2, 0) is 6.54 Å². The molecule has 0 aliphatic rings. The Hall–Kier alpha value is -0.580. The molecule has 0 spiro atoms. The van der Waals surface area contributed by atoms with Crippen LogP contribution in [0.25, 0.3) is 0 Å². The zero-order chi connectivity index (χ0) is 11.5. The SMILES string of the molecule is CC(C)(O)CNCc1ccc(O)c(Br)c1. The number of hydrogen-bond acceptors (Lipinski definition) is 3. The minimum Gasteiger partial charge on any atom is -0.507 e. The van der Waals surface area contributed by atoms with Gasteiger partial charge < -0.3 is 15.5 Å². The van der Waals surface area contributed by atoms with E-state index in [0.29, 0.717) is 17.6 Å². The molecule has 1 aromatic rings. The van der Waals surface area contributed by atoms with Crippen LogP contribution < -0.4 is 5.32 Å². The lowest BCUT2D eigenvalue weighted by atomic mass is 10.1. The van der Waals surface area contributed by atoms with Crippen molar-refractivity contribution in [2.75, 3.05) is 6.54 Å². The summed E-state index contributed by atoms with van der Waals surface area (Å²) in [5.41, 5.74) is 0.359. The molecule has 0 unspecified atom stereocenters. The highest BCUT2D eigenvalue weighted by Crippen LogP contribution is 2.24. The fourth-order valence-electron chi connectivity index (χ4n) is 1.17. The molecule has 4 heteroatoms. The van der Waals surface area contributed by atoms with E-state index < -0.39 is 5.60 Å². The molecule has 3 nitrogen and oxygen atoms in total. The second kappa shape index (κ2) is 4.96. The highest BCUT2D eigenvalue weighted by molar-refractivity contribution is 9.10. The molecule has 1 rings (SSSR count). The molecule has 15 heavy (non-hydrogen) atoms. The van der Waals surface area contributed by atoms with E-state index in [4.69, 9.17) is 0 Å². The lowest BCUT2D eigenvalue weighted by molar-refractivity contribution is 0.0795. The fraction of sp³-hybridized carbons (Fsp3) is 0.455. The van der Waals surface area contributed by atoms with Crippen molar-refractivity contribution < 1.29 is 10.2 Å². The van der Waals surface area contributed by atoms with Crippen LogP contribution in [0, 0.1) is 0 Å². The van der Waals surface area contributed by atoms with Crippen molar-refractivity contribution >= 4 is 15.9 Å². The van der Waals surface area contributed by atoms with Gasteiger partial charge in [0, 0.05) is 13.1 Å². The van der Waals surface area contributed by atoms with Gasteiger partial charge in [-0.05, 0) is 47.5 Å². The molecule has 0 saturated carbocycles. The number of nitrogens with one attached hydrogen (secondary N) is 1. The summed E-state index contributed by atoms with van der Waals surface area (Å²) in [7, 11) is 0. The Bertz CT molecular complexity index is 334. The predicted molar refractivity (Wildman–Crippen MR) is 63.8 cm³/mol. The van der Waals surface area contributed by atoms with Gasteiger partial charge in [0.25, 0.3) is 0 Å². The first-order valence-electron chi connectivity index (χ1n) is 4.79. The summed E-state index contributed by atoms with van der Waals surface area (Å²) in [6.45, 7) is 4.72. The van der Waals surface area contributed by atoms with Gasteiger partial charge in [0.1, 0.15) is 5.75 Å². The van der Waals surface area contributed by atoms with Crippen molar-refractivity contribution in [3.63, 3.8) is 0 Å². The molecule has 0 amide bonds. The molecule has 0 bridgehead atoms. The Labute approximate surface area is 98.3 Å². The first kappa shape index (κ1) is 12.5. The van der Waals surface area contributed by atoms with Crippen LogP contribution in [0.3, 0.4) is 0 Å². The second-order valence-corrected chi connectivity index (χ2v) is 5.06. The van der Waals surface area contributed by atoms with Crippen molar-refractivity contribution in [3.05, 3.63) is 28.2 Å². The third kappa shape index (κ3) is 4.64. The lowest BCUT2D eigenvalue weighted by Crippen LogP contribution is -2.34. The smallest absolute Gasteiger partial charge is 0.129 e. The quantitative estimate of drug-likeness (QED) is 0.787. The van der Waals surface area contributed by atoms with E-state index in [1.165, 1.54) is 0 Å². The molecular formula is C11H16BrNO2. The van der Waals surface area contributed by atoms with Gasteiger partial charge in [-0.1, -0.05) is 6.07 Å². The minimum absolute atomic E-state index is 0.237. The topological polar surface area (TPSA) is 52.5 Å². The third-order valence-electron chi connectivity index (χ3n) is 1.90. The predicted octanol–water partition coefficient (Wildman–Crippen LogP) is 2.02. The summed E-state index contributed by atoms with van der Waals surface area (Å²) >= 11 is 3.25. The zero-order valence-corrected chi connectivity index (χ0v) is 10.5. The summed E-state index contributed by atoms with van der Waals surface area (Å²) in [6.07, 6.45) is 0. The molecule has 0 fully saturated rings. The maximum absolute atomic E-state index is 9.48. The van der Waals surface area contributed by atoms with Crippen LogP contribution in [-0.4, -0.2) is 22.4 Å². The number of aromatic hydroxyl groups is 1. The number of phenols is 1. The van der Waals surface area contributed by atoms with Gasteiger partial charge in [0.2, 0.25) is 0 Å².